The predicted octanol–water partition coefficient (Wildman–Crippen LogP) is 3.80. The molecule has 2 rings (SSSR count). The second-order valence-corrected chi connectivity index (χ2v) is 9.41. The Bertz CT molecular complexity index is 1030. The van der Waals surface area contributed by atoms with Gasteiger partial charge in [-0.25, -0.2) is 13.1 Å². The van der Waals surface area contributed by atoms with E-state index in [1.165, 1.54) is 23.8 Å². The Hall–Kier alpha value is -2.71. The van der Waals surface area contributed by atoms with Gasteiger partial charge in [-0.05, 0) is 54.2 Å². The van der Waals surface area contributed by atoms with Crippen LogP contribution in [0.25, 0.3) is 0 Å². The van der Waals surface area contributed by atoms with E-state index in [-0.39, 0.29) is 22.3 Å². The number of benzene rings is 2. The van der Waals surface area contributed by atoms with Crippen LogP contribution in [0.2, 0.25) is 0 Å². The average molecular weight is 434 g/mol. The van der Waals surface area contributed by atoms with Crippen molar-refractivity contribution in [3.8, 4) is 11.5 Å². The highest BCUT2D eigenvalue weighted by atomic mass is 32.2. The molecule has 2 aromatic rings. The number of carboxylic acid groups (broad SMARTS) is 1. The fraction of sp³-hybridized carbons (Fsp3) is 0.364. The largest absolute Gasteiger partial charge is 0.481 e. The van der Waals surface area contributed by atoms with Crippen LogP contribution < -0.4 is 9.46 Å². The summed E-state index contributed by atoms with van der Waals surface area (Å²) in [6, 6.07) is 10.2. The fourth-order valence-electron chi connectivity index (χ4n) is 3.10. The lowest BCUT2D eigenvalue weighted by Gasteiger charge is -2.26. The van der Waals surface area contributed by atoms with Crippen molar-refractivity contribution in [3.05, 3.63) is 53.6 Å². The molecule has 0 unspecified atom stereocenters. The second-order valence-electron chi connectivity index (χ2n) is 7.72. The van der Waals surface area contributed by atoms with Crippen molar-refractivity contribution >= 4 is 22.3 Å². The van der Waals surface area contributed by atoms with E-state index >= 15 is 0 Å². The first kappa shape index (κ1) is 23.6. The van der Waals surface area contributed by atoms with Gasteiger partial charge >= 0.3 is 5.97 Å². The number of aliphatic carboxylic acids is 1. The van der Waals surface area contributed by atoms with E-state index in [0.29, 0.717) is 5.75 Å². The number of carboxylic acids is 1. The lowest BCUT2D eigenvalue weighted by molar-refractivity contribution is -0.138. The van der Waals surface area contributed by atoms with Gasteiger partial charge in [-0.2, -0.15) is 0 Å². The Morgan fingerprint density at radius 2 is 1.90 bits per heavy atom. The van der Waals surface area contributed by atoms with Crippen molar-refractivity contribution in [2.45, 2.75) is 56.9 Å². The third-order valence-corrected chi connectivity index (χ3v) is 6.57. The number of hydrogen-bond acceptors (Lipinski definition) is 5. The van der Waals surface area contributed by atoms with E-state index < -0.39 is 28.5 Å². The summed E-state index contributed by atoms with van der Waals surface area (Å²) in [5.74, 6) is -0.736. The van der Waals surface area contributed by atoms with Crippen LogP contribution in [0, 0.1) is 6.92 Å². The predicted molar refractivity (Wildman–Crippen MR) is 113 cm³/mol. The summed E-state index contributed by atoms with van der Waals surface area (Å²) in [5.41, 5.74) is 2.21. The summed E-state index contributed by atoms with van der Waals surface area (Å²) < 4.78 is 33.4. The molecule has 1 atom stereocenters. The molecule has 7 nitrogen and oxygen atoms in total. The number of nitrogens with one attached hydrogen (secondary N) is 1. The highest BCUT2D eigenvalue weighted by molar-refractivity contribution is 7.89. The third kappa shape index (κ3) is 5.67. The molecule has 2 N–H and O–H groups in total. The summed E-state index contributed by atoms with van der Waals surface area (Å²) >= 11 is 0. The molecule has 0 aliphatic carbocycles. The Labute approximate surface area is 177 Å². The van der Waals surface area contributed by atoms with Gasteiger partial charge in [-0.15, -0.1) is 0 Å². The van der Waals surface area contributed by atoms with E-state index in [2.05, 4.69) is 25.5 Å². The number of carbonyl (C=O) groups is 2. The number of carbonyl (C=O) groups excluding carboxylic acids is 1. The highest BCUT2D eigenvalue weighted by Gasteiger charge is 2.25. The first-order valence-electron chi connectivity index (χ1n) is 9.57. The van der Waals surface area contributed by atoms with Gasteiger partial charge in [0.1, 0.15) is 22.7 Å². The standard InChI is InChI=1S/C22H27NO6S/c1-5-22(3,4)18-11-10-17(12-15(18)2)29-19-8-6-7-9-20(19)30(27,28)23-16(14-24)13-21(25)26/h6-12,14,16,23H,5,13H2,1-4H3,(H,25,26)/t16-/m0/s1. The van der Waals surface area contributed by atoms with Gasteiger partial charge in [0, 0.05) is 0 Å². The Balaban J connectivity index is 2.35. The maximum absolute atomic E-state index is 12.7. The van der Waals surface area contributed by atoms with Crippen molar-refractivity contribution in [1.82, 2.24) is 4.72 Å². The Morgan fingerprint density at radius 3 is 2.47 bits per heavy atom. The number of ether oxygens (including phenoxy) is 1. The Kier molecular flexibility index (Phi) is 7.39. The molecule has 0 amide bonds. The second kappa shape index (κ2) is 9.40. The smallest absolute Gasteiger partial charge is 0.305 e. The number of hydrogen-bond donors (Lipinski definition) is 2. The molecular formula is C22H27NO6S. The molecular weight excluding hydrogens is 406 g/mol. The zero-order valence-electron chi connectivity index (χ0n) is 17.5. The monoisotopic (exact) mass is 433 g/mol. The number of para-hydroxylation sites is 1. The topological polar surface area (TPSA) is 110 Å². The normalized spacial score (nSPS) is 12.9. The minimum absolute atomic E-state index is 0.00175. The van der Waals surface area contributed by atoms with Crippen molar-refractivity contribution in [2.24, 2.45) is 0 Å². The van der Waals surface area contributed by atoms with Crippen LogP contribution in [0.3, 0.4) is 0 Å². The SMILES string of the molecule is CCC(C)(C)c1ccc(Oc2ccccc2S(=O)(=O)N[C@H](C=O)CC(=O)O)cc1C. The van der Waals surface area contributed by atoms with Crippen LogP contribution in [-0.2, 0) is 25.0 Å². The van der Waals surface area contributed by atoms with Crippen LogP contribution in [0.4, 0.5) is 0 Å². The van der Waals surface area contributed by atoms with Crippen molar-refractivity contribution in [2.75, 3.05) is 0 Å². The van der Waals surface area contributed by atoms with Gasteiger partial charge in [0.05, 0.1) is 12.5 Å². The molecule has 0 heterocycles. The summed E-state index contributed by atoms with van der Waals surface area (Å²) in [6.45, 7) is 8.41. The van der Waals surface area contributed by atoms with Crippen LogP contribution in [0.5, 0.6) is 11.5 Å². The molecule has 0 aliphatic heterocycles. The average Bonchev–Trinajstić information content (AvgIpc) is 2.67. The fourth-order valence-corrected chi connectivity index (χ4v) is 4.40. The van der Waals surface area contributed by atoms with Gasteiger partial charge in [-0.3, -0.25) is 4.79 Å². The molecule has 0 saturated carbocycles. The van der Waals surface area contributed by atoms with Crippen molar-refractivity contribution in [1.29, 1.82) is 0 Å². The molecule has 0 bridgehead atoms. The number of sulfonamides is 1. The molecule has 162 valence electrons. The zero-order chi connectivity index (χ0) is 22.5. The molecule has 30 heavy (non-hydrogen) atoms. The molecule has 0 spiro atoms. The molecule has 0 aliphatic rings. The molecule has 0 aromatic heterocycles. The van der Waals surface area contributed by atoms with E-state index in [1.54, 1.807) is 12.1 Å². The summed E-state index contributed by atoms with van der Waals surface area (Å²) in [6.07, 6.45) is 0.571. The maximum Gasteiger partial charge on any atom is 0.305 e. The van der Waals surface area contributed by atoms with E-state index in [4.69, 9.17) is 9.84 Å². The molecule has 2 aromatic carbocycles. The first-order valence-corrected chi connectivity index (χ1v) is 11.1. The van der Waals surface area contributed by atoms with Crippen LogP contribution in [0.15, 0.2) is 47.4 Å². The van der Waals surface area contributed by atoms with E-state index in [9.17, 15) is 18.0 Å². The van der Waals surface area contributed by atoms with Gasteiger partial charge < -0.3 is 14.6 Å². The zero-order valence-corrected chi connectivity index (χ0v) is 18.3. The summed E-state index contributed by atoms with van der Waals surface area (Å²) in [7, 11) is -4.18. The van der Waals surface area contributed by atoms with Crippen LogP contribution in [0.1, 0.15) is 44.7 Å². The van der Waals surface area contributed by atoms with E-state index in [0.717, 1.165) is 12.0 Å². The van der Waals surface area contributed by atoms with Crippen LogP contribution >= 0.6 is 0 Å². The van der Waals surface area contributed by atoms with Crippen molar-refractivity contribution in [3.63, 3.8) is 0 Å². The number of aryl methyl sites for hydroxylation is 1. The maximum atomic E-state index is 12.7. The molecule has 8 heteroatoms. The third-order valence-electron chi connectivity index (χ3n) is 5.04. The summed E-state index contributed by atoms with van der Waals surface area (Å²) in [4.78, 5) is 21.7. The highest BCUT2D eigenvalue weighted by Crippen LogP contribution is 2.34. The van der Waals surface area contributed by atoms with Crippen LogP contribution in [-0.4, -0.2) is 31.8 Å². The Morgan fingerprint density at radius 1 is 1.23 bits per heavy atom. The molecule has 0 saturated heterocycles. The summed E-state index contributed by atoms with van der Waals surface area (Å²) in [5, 5.41) is 8.84. The van der Waals surface area contributed by atoms with Gasteiger partial charge in [0.15, 0.2) is 0 Å². The van der Waals surface area contributed by atoms with Crippen molar-refractivity contribution < 1.29 is 27.9 Å². The number of rotatable bonds is 10. The lowest BCUT2D eigenvalue weighted by Crippen LogP contribution is -2.37. The van der Waals surface area contributed by atoms with Gasteiger partial charge in [0.25, 0.3) is 0 Å². The van der Waals surface area contributed by atoms with E-state index in [1.807, 2.05) is 19.1 Å². The number of aldehydes is 1. The molecule has 0 radical (unpaired) electrons. The van der Waals surface area contributed by atoms with Gasteiger partial charge in [0.2, 0.25) is 10.0 Å². The van der Waals surface area contributed by atoms with Gasteiger partial charge in [-0.1, -0.05) is 39.0 Å². The minimum atomic E-state index is -4.18. The lowest BCUT2D eigenvalue weighted by atomic mass is 9.80. The first-order chi connectivity index (χ1) is 14.0. The minimum Gasteiger partial charge on any atom is -0.481 e. The molecule has 0 fully saturated rings. The quantitative estimate of drug-likeness (QED) is 0.552.